The lowest BCUT2D eigenvalue weighted by atomic mass is 10.0. The minimum atomic E-state index is -3.78. The number of nitrogens with zero attached hydrogens (tertiary/aromatic N) is 4. The van der Waals surface area contributed by atoms with E-state index in [0.717, 1.165) is 19.3 Å². The maximum atomic E-state index is 12.3. The van der Waals surface area contributed by atoms with Gasteiger partial charge >= 0.3 is 7.60 Å². The lowest BCUT2D eigenvalue weighted by Gasteiger charge is -2.17. The van der Waals surface area contributed by atoms with E-state index < -0.39 is 15.7 Å². The molecule has 2 atom stereocenters. The van der Waals surface area contributed by atoms with Gasteiger partial charge in [0.2, 0.25) is 0 Å². The molecule has 0 bridgehead atoms. The number of hydrogen-bond donors (Lipinski definition) is 2. The van der Waals surface area contributed by atoms with Gasteiger partial charge in [0, 0.05) is 8.07 Å². The Morgan fingerprint density at radius 2 is 1.37 bits per heavy atom. The highest BCUT2D eigenvalue weighted by molar-refractivity contribution is 7.52. The van der Waals surface area contributed by atoms with Gasteiger partial charge in [-0.15, -0.1) is 0 Å². The molecule has 2 aromatic rings. The van der Waals surface area contributed by atoms with E-state index in [2.05, 4.69) is 34.6 Å². The van der Waals surface area contributed by atoms with Gasteiger partial charge in [-0.25, -0.2) is 15.0 Å². The molecule has 0 aromatic carbocycles. The third kappa shape index (κ3) is 16.8. The van der Waals surface area contributed by atoms with Crippen molar-refractivity contribution in [3.63, 3.8) is 0 Å². The third-order valence-corrected chi connectivity index (χ3v) is 10.4. The number of nitrogen functional groups attached to an aromatic ring is 1. The van der Waals surface area contributed by atoms with Gasteiger partial charge in [-0.3, -0.25) is 4.57 Å². The van der Waals surface area contributed by atoms with Gasteiger partial charge in [0.05, 0.1) is 25.6 Å². The zero-order chi connectivity index (χ0) is 30.0. The number of anilines is 1. The number of imidazole rings is 1. The quantitative estimate of drug-likeness (QED) is 0.0650. The molecule has 3 N–H and O–H groups in total. The van der Waals surface area contributed by atoms with Crippen LogP contribution in [0.1, 0.15) is 110 Å². The minimum absolute atomic E-state index is 0.284. The maximum absolute atomic E-state index is 12.3. The van der Waals surface area contributed by atoms with E-state index in [0.29, 0.717) is 23.5 Å². The Balaban J connectivity index is 1.36. The molecule has 9 nitrogen and oxygen atoms in total. The van der Waals surface area contributed by atoms with Crippen LogP contribution in [-0.4, -0.2) is 51.5 Å². The van der Waals surface area contributed by atoms with Gasteiger partial charge < -0.3 is 24.5 Å². The number of ether oxygens (including phenoxy) is 1. The molecule has 0 radical (unpaired) electrons. The van der Waals surface area contributed by atoms with Crippen molar-refractivity contribution in [1.82, 2.24) is 19.5 Å². The monoisotopic (exact) mass is 611 g/mol. The molecule has 2 unspecified atom stereocenters. The summed E-state index contributed by atoms with van der Waals surface area (Å²) in [6, 6.07) is 1.49. The molecule has 0 saturated heterocycles. The van der Waals surface area contributed by atoms with Gasteiger partial charge in [0.1, 0.15) is 18.2 Å². The lowest BCUT2D eigenvalue weighted by Crippen LogP contribution is -2.18. The zero-order valence-electron chi connectivity index (χ0n) is 26.4. The summed E-state index contributed by atoms with van der Waals surface area (Å²) in [5.74, 6) is 0.320. The summed E-state index contributed by atoms with van der Waals surface area (Å²) in [5.41, 5.74) is 6.96. The van der Waals surface area contributed by atoms with Crippen molar-refractivity contribution in [2.75, 3.05) is 18.7 Å². The van der Waals surface area contributed by atoms with E-state index in [1.807, 2.05) is 6.92 Å². The second kappa shape index (κ2) is 19.8. The first-order valence-corrected chi connectivity index (χ1v) is 21.5. The van der Waals surface area contributed by atoms with E-state index in [1.165, 1.54) is 95.8 Å². The van der Waals surface area contributed by atoms with Crippen LogP contribution in [0.15, 0.2) is 12.7 Å². The van der Waals surface area contributed by atoms with Crippen LogP contribution in [0.3, 0.4) is 0 Å². The normalized spacial score (nSPS) is 14.5. The first-order valence-electron chi connectivity index (χ1n) is 16.1. The molecule has 0 aliphatic rings. The van der Waals surface area contributed by atoms with Crippen molar-refractivity contribution in [2.45, 2.75) is 148 Å². The van der Waals surface area contributed by atoms with Gasteiger partial charge in [-0.05, 0) is 13.3 Å². The summed E-state index contributed by atoms with van der Waals surface area (Å²) in [6.45, 7) is 9.97. The van der Waals surface area contributed by atoms with Crippen LogP contribution in [-0.2, 0) is 20.4 Å². The van der Waals surface area contributed by atoms with Crippen molar-refractivity contribution in [3.8, 4) is 0 Å². The molecular formula is C30H58N5O4PSi. The Morgan fingerprint density at radius 3 is 1.90 bits per heavy atom. The molecule has 41 heavy (non-hydrogen) atoms. The van der Waals surface area contributed by atoms with Gasteiger partial charge in [-0.2, -0.15) is 0 Å². The highest BCUT2D eigenvalue weighted by Crippen LogP contribution is 2.42. The van der Waals surface area contributed by atoms with Crippen LogP contribution in [0, 0.1) is 0 Å². The lowest BCUT2D eigenvalue weighted by molar-refractivity contribution is 0.0715. The zero-order valence-corrected chi connectivity index (χ0v) is 28.3. The molecule has 236 valence electrons. The van der Waals surface area contributed by atoms with Crippen LogP contribution in [0.5, 0.6) is 0 Å². The van der Waals surface area contributed by atoms with Crippen LogP contribution in [0.2, 0.25) is 25.7 Å². The number of unbranched alkanes of at least 4 members (excludes halogenated alkanes) is 15. The molecule has 0 aliphatic carbocycles. The molecule has 0 aliphatic heterocycles. The Morgan fingerprint density at radius 1 is 0.854 bits per heavy atom. The van der Waals surface area contributed by atoms with Crippen LogP contribution in [0.4, 0.5) is 5.82 Å². The van der Waals surface area contributed by atoms with E-state index in [9.17, 15) is 9.46 Å². The maximum Gasteiger partial charge on any atom is 0.353 e. The van der Waals surface area contributed by atoms with Crippen molar-refractivity contribution in [1.29, 1.82) is 0 Å². The van der Waals surface area contributed by atoms with Crippen LogP contribution >= 0.6 is 7.60 Å². The van der Waals surface area contributed by atoms with Crippen LogP contribution in [0.25, 0.3) is 11.2 Å². The average molecular weight is 612 g/mol. The summed E-state index contributed by atoms with van der Waals surface area (Å²) >= 11 is 0. The highest BCUT2D eigenvalue weighted by atomic mass is 31.2. The summed E-state index contributed by atoms with van der Waals surface area (Å²) < 4.78 is 25.0. The highest BCUT2D eigenvalue weighted by Gasteiger charge is 2.21. The molecule has 2 heterocycles. The topological polar surface area (TPSA) is 125 Å². The Labute approximate surface area is 250 Å². The van der Waals surface area contributed by atoms with Crippen molar-refractivity contribution >= 4 is 32.7 Å². The Kier molecular flexibility index (Phi) is 17.3. The number of nitrogens with two attached hydrogens (primary N) is 1. The third-order valence-electron chi connectivity index (χ3n) is 7.52. The summed E-state index contributed by atoms with van der Waals surface area (Å²) in [5, 5.41) is 0. The Hall–Kier alpha value is -1.32. The van der Waals surface area contributed by atoms with Gasteiger partial charge in [-0.1, -0.05) is 122 Å². The molecule has 0 amide bonds. The predicted molar refractivity (Wildman–Crippen MR) is 173 cm³/mol. The number of fused-ring (bicyclic) bond motifs is 1. The molecule has 0 fully saturated rings. The second-order valence-electron chi connectivity index (χ2n) is 12.9. The smallest absolute Gasteiger partial charge is 0.353 e. The van der Waals surface area contributed by atoms with Gasteiger partial charge in [0.25, 0.3) is 0 Å². The molecular weight excluding hydrogens is 553 g/mol. The number of hydrogen-bond acceptors (Lipinski definition) is 7. The van der Waals surface area contributed by atoms with E-state index >= 15 is 0 Å². The predicted octanol–water partition coefficient (Wildman–Crippen LogP) is 8.55. The van der Waals surface area contributed by atoms with Crippen molar-refractivity contribution < 1.29 is 18.7 Å². The van der Waals surface area contributed by atoms with Crippen molar-refractivity contribution in [3.05, 3.63) is 12.7 Å². The van der Waals surface area contributed by atoms with E-state index in [4.69, 9.17) is 15.0 Å². The SMILES string of the molecule is CC(Cn1cnc2c(N)ncnc21)OCP(=O)(O)OCCCCCCCCCCCCCCCCCC[Si](C)(C)C. The molecule has 2 aromatic heterocycles. The standard InChI is InChI=1S/C30H58N5O4PSi/c1-27(23-35-25-34-28-29(31)32-24-33-30(28)35)38-26-40(36,37)39-21-19-17-15-13-11-9-7-5-6-8-10-12-14-16-18-20-22-41(2,3)4/h24-25,27H,5-23,26H2,1-4H3,(H,36,37)(H2,31,32,33). The van der Waals surface area contributed by atoms with E-state index in [-0.39, 0.29) is 19.1 Å². The number of rotatable bonds is 25. The fraction of sp³-hybridized carbons (Fsp3) is 0.833. The molecule has 2 rings (SSSR count). The first-order chi connectivity index (χ1) is 19.6. The molecule has 0 spiro atoms. The fourth-order valence-electron chi connectivity index (χ4n) is 5.06. The van der Waals surface area contributed by atoms with Crippen LogP contribution < -0.4 is 5.73 Å². The molecule has 11 heteroatoms. The Bertz CT molecular complexity index is 1020. The summed E-state index contributed by atoms with van der Waals surface area (Å²) in [7, 11) is -4.61. The largest absolute Gasteiger partial charge is 0.382 e. The average Bonchev–Trinajstić information content (AvgIpc) is 3.32. The first kappa shape index (κ1) is 35.9. The van der Waals surface area contributed by atoms with E-state index in [1.54, 1.807) is 10.9 Å². The fourth-order valence-corrected chi connectivity index (χ4v) is 7.30. The van der Waals surface area contributed by atoms with Crippen molar-refractivity contribution in [2.24, 2.45) is 0 Å². The molecule has 0 saturated carbocycles. The summed E-state index contributed by atoms with van der Waals surface area (Å²) in [6.07, 6.45) is 23.2. The number of aromatic nitrogens is 4. The second-order valence-corrected chi connectivity index (χ2v) is 20.3. The minimum Gasteiger partial charge on any atom is -0.382 e. The summed E-state index contributed by atoms with van der Waals surface area (Å²) in [4.78, 5) is 22.5. The van der Waals surface area contributed by atoms with Gasteiger partial charge in [0.15, 0.2) is 11.5 Å².